The average molecular weight is 317 g/mol. The van der Waals surface area contributed by atoms with Crippen LogP contribution in [0.1, 0.15) is 62.7 Å². The smallest absolute Gasteiger partial charge is 0.319 e. The number of rotatable bonds is 5. The SMILES string of the molecule is CC[C@@H](C)NC(=O)c1ccc(NC(=O)NC2CCCCC2)cc1. The van der Waals surface area contributed by atoms with E-state index in [4.69, 9.17) is 0 Å². The first-order valence-electron chi connectivity index (χ1n) is 8.57. The summed E-state index contributed by atoms with van der Waals surface area (Å²) in [6.45, 7) is 4.01. The molecular weight excluding hydrogens is 290 g/mol. The van der Waals surface area contributed by atoms with E-state index in [-0.39, 0.29) is 24.0 Å². The lowest BCUT2D eigenvalue weighted by molar-refractivity contribution is 0.0939. The Hall–Kier alpha value is -2.04. The van der Waals surface area contributed by atoms with Crippen LogP contribution in [0.2, 0.25) is 0 Å². The second-order valence-electron chi connectivity index (χ2n) is 6.29. The Bertz CT molecular complexity index is 522. The zero-order valence-corrected chi connectivity index (χ0v) is 14.0. The van der Waals surface area contributed by atoms with Crippen molar-refractivity contribution in [1.29, 1.82) is 0 Å². The lowest BCUT2D eigenvalue weighted by atomic mass is 9.96. The average Bonchev–Trinajstić information content (AvgIpc) is 2.56. The first-order valence-corrected chi connectivity index (χ1v) is 8.57. The van der Waals surface area contributed by atoms with Crippen LogP contribution in [0.15, 0.2) is 24.3 Å². The normalized spacial score (nSPS) is 16.4. The predicted octanol–water partition coefficient (Wildman–Crippen LogP) is 3.67. The third-order valence-electron chi connectivity index (χ3n) is 4.34. The molecule has 0 unspecified atom stereocenters. The summed E-state index contributed by atoms with van der Waals surface area (Å²) in [5.41, 5.74) is 1.29. The molecule has 1 aliphatic carbocycles. The van der Waals surface area contributed by atoms with E-state index < -0.39 is 0 Å². The second-order valence-corrected chi connectivity index (χ2v) is 6.29. The molecule has 1 aromatic carbocycles. The van der Waals surface area contributed by atoms with Gasteiger partial charge in [-0.15, -0.1) is 0 Å². The van der Waals surface area contributed by atoms with Gasteiger partial charge in [0.05, 0.1) is 0 Å². The van der Waals surface area contributed by atoms with E-state index in [9.17, 15) is 9.59 Å². The Labute approximate surface area is 138 Å². The fourth-order valence-electron chi connectivity index (χ4n) is 2.71. The summed E-state index contributed by atoms with van der Waals surface area (Å²) in [6, 6.07) is 7.24. The number of hydrogen-bond acceptors (Lipinski definition) is 2. The van der Waals surface area contributed by atoms with Crippen LogP contribution in [-0.2, 0) is 0 Å². The second kappa shape index (κ2) is 8.56. The van der Waals surface area contributed by atoms with Crippen molar-refractivity contribution in [2.45, 2.75) is 64.5 Å². The van der Waals surface area contributed by atoms with Crippen molar-refractivity contribution in [3.63, 3.8) is 0 Å². The van der Waals surface area contributed by atoms with Crippen LogP contribution >= 0.6 is 0 Å². The molecule has 23 heavy (non-hydrogen) atoms. The van der Waals surface area contributed by atoms with E-state index in [1.807, 2.05) is 13.8 Å². The van der Waals surface area contributed by atoms with Crippen molar-refractivity contribution in [2.24, 2.45) is 0 Å². The Balaban J connectivity index is 1.84. The molecular formula is C18H27N3O2. The predicted molar refractivity (Wildman–Crippen MR) is 92.7 cm³/mol. The van der Waals surface area contributed by atoms with Gasteiger partial charge in [0.15, 0.2) is 0 Å². The summed E-state index contributed by atoms with van der Waals surface area (Å²) in [4.78, 5) is 24.0. The standard InChI is InChI=1S/C18H27N3O2/c1-3-13(2)19-17(22)14-9-11-16(12-10-14)21-18(23)20-15-7-5-4-6-8-15/h9-13,15H,3-8H2,1-2H3,(H,19,22)(H2,20,21,23)/t13-/m1/s1. The van der Waals surface area contributed by atoms with E-state index >= 15 is 0 Å². The van der Waals surface area contributed by atoms with Crippen LogP contribution < -0.4 is 16.0 Å². The molecule has 0 spiro atoms. The number of hydrogen-bond donors (Lipinski definition) is 3. The van der Waals surface area contributed by atoms with Crippen LogP contribution in [0.25, 0.3) is 0 Å². The molecule has 1 fully saturated rings. The Morgan fingerprint density at radius 1 is 1.13 bits per heavy atom. The topological polar surface area (TPSA) is 70.2 Å². The van der Waals surface area contributed by atoms with E-state index in [1.54, 1.807) is 24.3 Å². The fraction of sp³-hybridized carbons (Fsp3) is 0.556. The number of amides is 3. The molecule has 5 heteroatoms. The molecule has 0 saturated heterocycles. The first kappa shape index (κ1) is 17.3. The summed E-state index contributed by atoms with van der Waals surface area (Å²) in [5, 5.41) is 8.76. The molecule has 126 valence electrons. The van der Waals surface area contributed by atoms with Gasteiger partial charge in [0, 0.05) is 23.3 Å². The molecule has 0 aliphatic heterocycles. The summed E-state index contributed by atoms with van der Waals surface area (Å²) >= 11 is 0. The summed E-state index contributed by atoms with van der Waals surface area (Å²) < 4.78 is 0. The third-order valence-corrected chi connectivity index (χ3v) is 4.34. The molecule has 0 bridgehead atoms. The van der Waals surface area contributed by atoms with E-state index in [0.29, 0.717) is 11.3 Å². The maximum absolute atomic E-state index is 12.0. The van der Waals surface area contributed by atoms with Crippen LogP contribution in [0.3, 0.4) is 0 Å². The van der Waals surface area contributed by atoms with Crippen molar-refractivity contribution in [1.82, 2.24) is 10.6 Å². The number of carbonyl (C=O) groups excluding carboxylic acids is 2. The lowest BCUT2D eigenvalue weighted by Gasteiger charge is -2.22. The molecule has 5 nitrogen and oxygen atoms in total. The number of anilines is 1. The quantitative estimate of drug-likeness (QED) is 0.775. The van der Waals surface area contributed by atoms with Crippen molar-refractivity contribution < 1.29 is 9.59 Å². The number of nitrogens with one attached hydrogen (secondary N) is 3. The highest BCUT2D eigenvalue weighted by molar-refractivity contribution is 5.95. The highest BCUT2D eigenvalue weighted by atomic mass is 16.2. The van der Waals surface area contributed by atoms with E-state index in [0.717, 1.165) is 19.3 Å². The Morgan fingerprint density at radius 3 is 2.39 bits per heavy atom. The fourth-order valence-corrected chi connectivity index (χ4v) is 2.71. The summed E-state index contributed by atoms with van der Waals surface area (Å²) in [6.07, 6.45) is 6.65. The van der Waals surface area contributed by atoms with Gasteiger partial charge in [-0.25, -0.2) is 4.79 Å². The molecule has 3 amide bonds. The van der Waals surface area contributed by atoms with Gasteiger partial charge in [-0.05, 0) is 50.5 Å². The van der Waals surface area contributed by atoms with Gasteiger partial charge < -0.3 is 16.0 Å². The van der Waals surface area contributed by atoms with Crippen molar-refractivity contribution in [3.8, 4) is 0 Å². The number of urea groups is 1. The third kappa shape index (κ3) is 5.58. The van der Waals surface area contributed by atoms with E-state index in [2.05, 4.69) is 16.0 Å². The minimum Gasteiger partial charge on any atom is -0.350 e. The molecule has 1 atom stereocenters. The van der Waals surface area contributed by atoms with Gasteiger partial charge >= 0.3 is 6.03 Å². The zero-order valence-electron chi connectivity index (χ0n) is 14.0. The lowest BCUT2D eigenvalue weighted by Crippen LogP contribution is -2.39. The number of benzene rings is 1. The first-order chi connectivity index (χ1) is 11.1. The summed E-state index contributed by atoms with van der Waals surface area (Å²) in [7, 11) is 0. The van der Waals surface area contributed by atoms with Crippen LogP contribution in [-0.4, -0.2) is 24.0 Å². The molecule has 3 N–H and O–H groups in total. The minimum atomic E-state index is -0.172. The molecule has 0 radical (unpaired) electrons. The van der Waals surface area contributed by atoms with Crippen LogP contribution in [0.4, 0.5) is 10.5 Å². The van der Waals surface area contributed by atoms with Crippen molar-refractivity contribution in [2.75, 3.05) is 5.32 Å². The van der Waals surface area contributed by atoms with Crippen LogP contribution in [0.5, 0.6) is 0 Å². The molecule has 1 saturated carbocycles. The maximum Gasteiger partial charge on any atom is 0.319 e. The van der Waals surface area contributed by atoms with Gasteiger partial charge in [0.25, 0.3) is 5.91 Å². The van der Waals surface area contributed by atoms with Gasteiger partial charge in [-0.3, -0.25) is 4.79 Å². The highest BCUT2D eigenvalue weighted by Gasteiger charge is 2.15. The monoisotopic (exact) mass is 317 g/mol. The molecule has 0 heterocycles. The highest BCUT2D eigenvalue weighted by Crippen LogP contribution is 2.17. The number of carbonyl (C=O) groups is 2. The Morgan fingerprint density at radius 2 is 1.78 bits per heavy atom. The van der Waals surface area contributed by atoms with Gasteiger partial charge in [-0.1, -0.05) is 26.2 Å². The summed E-state index contributed by atoms with van der Waals surface area (Å²) in [5.74, 6) is -0.0856. The van der Waals surface area contributed by atoms with Gasteiger partial charge in [0.1, 0.15) is 0 Å². The maximum atomic E-state index is 12.0. The largest absolute Gasteiger partial charge is 0.350 e. The zero-order chi connectivity index (χ0) is 16.7. The Kier molecular flexibility index (Phi) is 6.44. The van der Waals surface area contributed by atoms with E-state index in [1.165, 1.54) is 19.3 Å². The van der Waals surface area contributed by atoms with Gasteiger partial charge in [-0.2, -0.15) is 0 Å². The van der Waals surface area contributed by atoms with Gasteiger partial charge in [0.2, 0.25) is 0 Å². The van der Waals surface area contributed by atoms with Crippen molar-refractivity contribution in [3.05, 3.63) is 29.8 Å². The molecule has 2 rings (SSSR count). The van der Waals surface area contributed by atoms with Crippen LogP contribution in [0, 0.1) is 0 Å². The minimum absolute atomic E-state index is 0.0856. The van der Waals surface area contributed by atoms with Crippen molar-refractivity contribution >= 4 is 17.6 Å². The molecule has 1 aromatic rings. The molecule has 0 aromatic heterocycles. The molecule has 1 aliphatic rings.